The molecule has 1 aliphatic heterocycles. The predicted octanol–water partition coefficient (Wildman–Crippen LogP) is 2.42. The van der Waals surface area contributed by atoms with Crippen LogP contribution in [0, 0.1) is 12.8 Å². The average Bonchev–Trinajstić information content (AvgIpc) is 2.42. The molecule has 1 fully saturated rings. The van der Waals surface area contributed by atoms with Crippen molar-refractivity contribution in [3.05, 3.63) is 35.4 Å². The zero-order chi connectivity index (χ0) is 13.7. The molecule has 1 aliphatic rings. The summed E-state index contributed by atoms with van der Waals surface area (Å²) in [6, 6.07) is 8.26. The molecule has 0 aliphatic carbocycles. The molecule has 112 valence electrons. The molecule has 3 nitrogen and oxygen atoms in total. The maximum absolute atomic E-state index is 12.2. The predicted molar refractivity (Wildman–Crippen MR) is 85.4 cm³/mol. The normalized spacial score (nSPS) is 15.8. The Kier molecular flexibility index (Phi) is 7.03. The van der Waals surface area contributed by atoms with E-state index in [0.717, 1.165) is 44.0 Å². The van der Waals surface area contributed by atoms with Crippen LogP contribution in [0.5, 0.6) is 0 Å². The number of likely N-dealkylation sites (tertiary alicyclic amines) is 1. The number of nitrogens with one attached hydrogen (secondary N) is 1. The molecule has 0 radical (unpaired) electrons. The number of halogens is 1. The van der Waals surface area contributed by atoms with Gasteiger partial charge in [0, 0.05) is 13.1 Å². The first kappa shape index (κ1) is 17.0. The summed E-state index contributed by atoms with van der Waals surface area (Å²) in [5.74, 6) is 1.00. The van der Waals surface area contributed by atoms with Crippen LogP contribution in [0.15, 0.2) is 24.3 Å². The third kappa shape index (κ3) is 4.80. The van der Waals surface area contributed by atoms with Crippen LogP contribution in [-0.2, 0) is 11.2 Å². The third-order valence-corrected chi connectivity index (χ3v) is 3.94. The second-order valence-electron chi connectivity index (χ2n) is 5.54. The van der Waals surface area contributed by atoms with Crippen molar-refractivity contribution in [2.75, 3.05) is 26.7 Å². The number of carbonyl (C=O) groups excluding carboxylic acids is 1. The number of hydrogen-bond acceptors (Lipinski definition) is 2. The molecule has 4 heteroatoms. The first-order valence-corrected chi connectivity index (χ1v) is 7.17. The van der Waals surface area contributed by atoms with Gasteiger partial charge in [0.15, 0.2) is 0 Å². The Balaban J connectivity index is 0.00000200. The fraction of sp³-hybridized carbons (Fsp3) is 0.562. The Morgan fingerprint density at radius 2 is 1.85 bits per heavy atom. The van der Waals surface area contributed by atoms with Gasteiger partial charge in [-0.25, -0.2) is 0 Å². The summed E-state index contributed by atoms with van der Waals surface area (Å²) in [6.07, 6.45) is 2.79. The van der Waals surface area contributed by atoms with Crippen molar-refractivity contribution in [2.45, 2.75) is 26.2 Å². The molecule has 1 saturated heterocycles. The maximum Gasteiger partial charge on any atom is 0.226 e. The van der Waals surface area contributed by atoms with E-state index in [1.165, 1.54) is 5.56 Å². The number of carbonyl (C=O) groups is 1. The zero-order valence-corrected chi connectivity index (χ0v) is 13.2. The first-order chi connectivity index (χ1) is 9.19. The largest absolute Gasteiger partial charge is 0.342 e. The van der Waals surface area contributed by atoms with Gasteiger partial charge in [0.05, 0.1) is 6.42 Å². The summed E-state index contributed by atoms with van der Waals surface area (Å²) >= 11 is 0. The van der Waals surface area contributed by atoms with Crippen molar-refractivity contribution in [1.82, 2.24) is 10.2 Å². The van der Waals surface area contributed by atoms with Crippen LogP contribution in [0.25, 0.3) is 0 Å². The lowest BCUT2D eigenvalue weighted by Crippen LogP contribution is -2.41. The number of rotatable bonds is 4. The van der Waals surface area contributed by atoms with Crippen molar-refractivity contribution < 1.29 is 4.79 Å². The fourth-order valence-corrected chi connectivity index (χ4v) is 2.67. The number of hydrogen-bond donors (Lipinski definition) is 1. The minimum atomic E-state index is 0. The summed E-state index contributed by atoms with van der Waals surface area (Å²) in [5.41, 5.74) is 2.36. The molecule has 0 atom stereocenters. The summed E-state index contributed by atoms with van der Waals surface area (Å²) in [6.45, 7) is 4.96. The second-order valence-corrected chi connectivity index (χ2v) is 5.54. The molecule has 1 heterocycles. The summed E-state index contributed by atoms with van der Waals surface area (Å²) in [4.78, 5) is 14.2. The van der Waals surface area contributed by atoms with Gasteiger partial charge in [0.25, 0.3) is 0 Å². The van der Waals surface area contributed by atoms with Gasteiger partial charge in [-0.1, -0.05) is 29.8 Å². The first-order valence-electron chi connectivity index (χ1n) is 7.17. The molecule has 20 heavy (non-hydrogen) atoms. The molecule has 1 aromatic carbocycles. The molecular weight excluding hydrogens is 272 g/mol. The average molecular weight is 297 g/mol. The van der Waals surface area contributed by atoms with Gasteiger partial charge >= 0.3 is 0 Å². The summed E-state index contributed by atoms with van der Waals surface area (Å²) in [7, 11) is 1.99. The van der Waals surface area contributed by atoms with Gasteiger partial charge in [-0.3, -0.25) is 4.79 Å². The zero-order valence-electron chi connectivity index (χ0n) is 12.4. The quantitative estimate of drug-likeness (QED) is 0.925. The van der Waals surface area contributed by atoms with Crippen molar-refractivity contribution >= 4 is 18.3 Å². The molecule has 1 amide bonds. The van der Waals surface area contributed by atoms with E-state index in [0.29, 0.717) is 6.42 Å². The molecule has 0 spiro atoms. The van der Waals surface area contributed by atoms with Crippen LogP contribution >= 0.6 is 12.4 Å². The van der Waals surface area contributed by atoms with Gasteiger partial charge in [0.1, 0.15) is 0 Å². The maximum atomic E-state index is 12.2. The Hall–Kier alpha value is -1.06. The summed E-state index contributed by atoms with van der Waals surface area (Å²) in [5, 5.41) is 3.22. The minimum absolute atomic E-state index is 0. The lowest BCUT2D eigenvalue weighted by molar-refractivity contribution is -0.131. The van der Waals surface area contributed by atoms with E-state index in [9.17, 15) is 4.79 Å². The van der Waals surface area contributed by atoms with Crippen LogP contribution in [0.1, 0.15) is 24.0 Å². The minimum Gasteiger partial charge on any atom is -0.342 e. The fourth-order valence-electron chi connectivity index (χ4n) is 2.67. The van der Waals surface area contributed by atoms with Gasteiger partial charge in [-0.15, -0.1) is 12.4 Å². The van der Waals surface area contributed by atoms with E-state index in [2.05, 4.69) is 36.5 Å². The topological polar surface area (TPSA) is 32.3 Å². The smallest absolute Gasteiger partial charge is 0.226 e. The number of piperidine rings is 1. The van der Waals surface area contributed by atoms with Crippen molar-refractivity contribution in [2.24, 2.45) is 5.92 Å². The van der Waals surface area contributed by atoms with Crippen LogP contribution in [0.4, 0.5) is 0 Å². The van der Waals surface area contributed by atoms with E-state index < -0.39 is 0 Å². The summed E-state index contributed by atoms with van der Waals surface area (Å²) < 4.78 is 0. The van der Waals surface area contributed by atoms with E-state index in [4.69, 9.17) is 0 Å². The Morgan fingerprint density at radius 1 is 1.25 bits per heavy atom. The number of nitrogens with zero attached hydrogens (tertiary/aromatic N) is 1. The van der Waals surface area contributed by atoms with Gasteiger partial charge in [-0.2, -0.15) is 0 Å². The van der Waals surface area contributed by atoms with Gasteiger partial charge in [0.2, 0.25) is 5.91 Å². The molecule has 2 rings (SSSR count). The molecular formula is C16H25ClN2O. The van der Waals surface area contributed by atoms with E-state index >= 15 is 0 Å². The molecule has 1 N–H and O–H groups in total. The lowest BCUT2D eigenvalue weighted by Gasteiger charge is -2.32. The highest BCUT2D eigenvalue weighted by Crippen LogP contribution is 2.17. The lowest BCUT2D eigenvalue weighted by atomic mass is 9.96. The van der Waals surface area contributed by atoms with Crippen LogP contribution in [-0.4, -0.2) is 37.5 Å². The molecule has 0 bridgehead atoms. The van der Waals surface area contributed by atoms with Crippen molar-refractivity contribution in [3.63, 3.8) is 0 Å². The highest BCUT2D eigenvalue weighted by molar-refractivity contribution is 5.85. The van der Waals surface area contributed by atoms with E-state index in [-0.39, 0.29) is 18.3 Å². The van der Waals surface area contributed by atoms with Gasteiger partial charge < -0.3 is 10.2 Å². The monoisotopic (exact) mass is 296 g/mol. The highest BCUT2D eigenvalue weighted by atomic mass is 35.5. The number of amides is 1. The highest BCUT2D eigenvalue weighted by Gasteiger charge is 2.22. The van der Waals surface area contributed by atoms with Crippen LogP contribution in [0.2, 0.25) is 0 Å². The standard InChI is InChI=1S/C16H24N2O.ClH/c1-13-3-5-14(6-4-13)11-16(19)18-9-7-15(8-10-18)12-17-2;/h3-6,15,17H,7-12H2,1-2H3;1H. The number of benzene rings is 1. The van der Waals surface area contributed by atoms with Crippen LogP contribution in [0.3, 0.4) is 0 Å². The Labute approximate surface area is 128 Å². The molecule has 0 saturated carbocycles. The van der Waals surface area contributed by atoms with Gasteiger partial charge in [-0.05, 0) is 44.8 Å². The SMILES string of the molecule is CNCC1CCN(C(=O)Cc2ccc(C)cc2)CC1.Cl. The van der Waals surface area contributed by atoms with E-state index in [1.54, 1.807) is 0 Å². The van der Waals surface area contributed by atoms with E-state index in [1.807, 2.05) is 11.9 Å². The van der Waals surface area contributed by atoms with Crippen molar-refractivity contribution in [3.8, 4) is 0 Å². The number of aryl methyl sites for hydroxylation is 1. The third-order valence-electron chi connectivity index (χ3n) is 3.94. The van der Waals surface area contributed by atoms with Crippen molar-refractivity contribution in [1.29, 1.82) is 0 Å². The molecule has 0 unspecified atom stereocenters. The van der Waals surface area contributed by atoms with Crippen LogP contribution < -0.4 is 5.32 Å². The Bertz CT molecular complexity index is 411. The molecule has 0 aromatic heterocycles. The second kappa shape index (κ2) is 8.28. The Morgan fingerprint density at radius 3 is 2.40 bits per heavy atom. The molecule has 1 aromatic rings.